The molecule has 0 aliphatic rings. The lowest BCUT2D eigenvalue weighted by atomic mass is 10.1. The van der Waals surface area contributed by atoms with Gasteiger partial charge in [-0.15, -0.1) is 0 Å². The molecular formula is C22H25N9O. The largest absolute Gasteiger partial charge is 0.385 e. The lowest BCUT2D eigenvalue weighted by Gasteiger charge is -2.06. The van der Waals surface area contributed by atoms with Crippen LogP contribution in [0, 0.1) is 5.41 Å². The van der Waals surface area contributed by atoms with Gasteiger partial charge in [-0.3, -0.25) is 15.6 Å². The molecule has 10 heteroatoms. The summed E-state index contributed by atoms with van der Waals surface area (Å²) < 4.78 is 0. The highest BCUT2D eigenvalue weighted by Crippen LogP contribution is 2.19. The Balaban J connectivity index is 1.73. The van der Waals surface area contributed by atoms with E-state index >= 15 is 0 Å². The number of benzene rings is 2. The zero-order chi connectivity index (χ0) is 23.3. The summed E-state index contributed by atoms with van der Waals surface area (Å²) >= 11 is 0. The number of nitrogens with one attached hydrogen (secondary N) is 5. The number of aromatic nitrogens is 1. The number of amides is 1. The van der Waals surface area contributed by atoms with Crippen LogP contribution < -0.4 is 27.6 Å². The van der Waals surface area contributed by atoms with Crippen LogP contribution in [0.3, 0.4) is 0 Å². The Morgan fingerprint density at radius 2 is 1.59 bits per heavy atom. The maximum atomic E-state index is 12.7. The minimum atomic E-state index is -0.259. The molecule has 1 aromatic heterocycles. The SMILES string of the molecule is C=C(N)N/N=C(\C)c1ccc(NC(=O)c2cc3cc(/C(C)=N/NC(=N)N)ccc3[nH]2)cc1. The molecule has 0 atom stereocenters. The summed E-state index contributed by atoms with van der Waals surface area (Å²) in [7, 11) is 0. The summed E-state index contributed by atoms with van der Waals surface area (Å²) in [5.41, 5.74) is 20.8. The smallest absolute Gasteiger partial charge is 0.272 e. The van der Waals surface area contributed by atoms with Crippen molar-refractivity contribution in [1.29, 1.82) is 5.41 Å². The molecule has 0 unspecified atom stereocenters. The molecule has 3 rings (SSSR count). The van der Waals surface area contributed by atoms with Gasteiger partial charge < -0.3 is 21.8 Å². The molecule has 0 spiro atoms. The quantitative estimate of drug-likeness (QED) is 0.173. The Morgan fingerprint density at radius 1 is 0.969 bits per heavy atom. The summed E-state index contributed by atoms with van der Waals surface area (Å²) in [4.78, 5) is 15.8. The molecular weight excluding hydrogens is 406 g/mol. The van der Waals surface area contributed by atoms with E-state index in [1.807, 2.05) is 37.3 Å². The Hall–Kier alpha value is -4.60. The van der Waals surface area contributed by atoms with E-state index in [9.17, 15) is 4.79 Å². The van der Waals surface area contributed by atoms with Gasteiger partial charge in [0.05, 0.1) is 11.4 Å². The molecule has 0 fully saturated rings. The van der Waals surface area contributed by atoms with E-state index < -0.39 is 0 Å². The molecule has 1 heterocycles. The van der Waals surface area contributed by atoms with Crippen LogP contribution in [0.2, 0.25) is 0 Å². The van der Waals surface area contributed by atoms with Crippen LogP contribution >= 0.6 is 0 Å². The van der Waals surface area contributed by atoms with Gasteiger partial charge in [0.15, 0.2) is 0 Å². The molecule has 0 aliphatic heterocycles. The summed E-state index contributed by atoms with van der Waals surface area (Å²) in [6.07, 6.45) is 0. The van der Waals surface area contributed by atoms with Crippen molar-refractivity contribution >= 4 is 39.9 Å². The van der Waals surface area contributed by atoms with Gasteiger partial charge in [0.25, 0.3) is 5.91 Å². The van der Waals surface area contributed by atoms with Gasteiger partial charge in [-0.05, 0) is 55.3 Å². The third-order valence-electron chi connectivity index (χ3n) is 4.55. The van der Waals surface area contributed by atoms with Crippen LogP contribution in [-0.4, -0.2) is 28.3 Å². The number of aromatic amines is 1. The van der Waals surface area contributed by atoms with E-state index in [0.29, 0.717) is 17.1 Å². The number of carbonyl (C=O) groups is 1. The molecule has 0 saturated heterocycles. The van der Waals surface area contributed by atoms with Gasteiger partial charge in [0, 0.05) is 16.6 Å². The van der Waals surface area contributed by atoms with E-state index in [2.05, 4.69) is 37.9 Å². The number of anilines is 1. The lowest BCUT2D eigenvalue weighted by Crippen LogP contribution is -2.26. The summed E-state index contributed by atoms with van der Waals surface area (Å²) in [6, 6.07) is 14.7. The molecule has 1 amide bonds. The number of nitrogens with two attached hydrogens (primary N) is 2. The molecule has 3 aromatic rings. The van der Waals surface area contributed by atoms with Crippen molar-refractivity contribution in [2.24, 2.45) is 21.7 Å². The number of guanidine groups is 1. The minimum absolute atomic E-state index is 0.236. The first kappa shape index (κ1) is 22.1. The fourth-order valence-corrected chi connectivity index (χ4v) is 2.90. The predicted octanol–water partition coefficient (Wildman–Crippen LogP) is 2.37. The molecule has 10 nitrogen and oxygen atoms in total. The fourth-order valence-electron chi connectivity index (χ4n) is 2.90. The zero-order valence-electron chi connectivity index (χ0n) is 17.8. The van der Waals surface area contributed by atoms with Crippen molar-refractivity contribution in [2.75, 3.05) is 5.32 Å². The molecule has 164 valence electrons. The first-order valence-corrected chi connectivity index (χ1v) is 9.67. The van der Waals surface area contributed by atoms with Crippen molar-refractivity contribution in [3.05, 3.63) is 77.8 Å². The van der Waals surface area contributed by atoms with Crippen molar-refractivity contribution in [3.63, 3.8) is 0 Å². The van der Waals surface area contributed by atoms with E-state index in [1.165, 1.54) is 0 Å². The maximum Gasteiger partial charge on any atom is 0.272 e. The summed E-state index contributed by atoms with van der Waals surface area (Å²) in [6.45, 7) is 7.17. The number of carbonyl (C=O) groups excluding carboxylic acids is 1. The number of hydrogen-bond donors (Lipinski definition) is 7. The Labute approximate surface area is 185 Å². The van der Waals surface area contributed by atoms with Gasteiger partial charge >= 0.3 is 0 Å². The number of nitrogens with zero attached hydrogens (tertiary/aromatic N) is 2. The molecule has 0 saturated carbocycles. The van der Waals surface area contributed by atoms with Gasteiger partial charge in [0.2, 0.25) is 5.96 Å². The third-order valence-corrected chi connectivity index (χ3v) is 4.55. The molecule has 0 bridgehead atoms. The molecule has 0 radical (unpaired) electrons. The molecule has 9 N–H and O–H groups in total. The normalized spacial score (nSPS) is 11.8. The van der Waals surface area contributed by atoms with Crippen molar-refractivity contribution < 1.29 is 4.79 Å². The molecule has 2 aromatic carbocycles. The average molecular weight is 432 g/mol. The first-order chi connectivity index (χ1) is 15.2. The number of hydrogen-bond acceptors (Lipinski definition) is 6. The second-order valence-electron chi connectivity index (χ2n) is 7.07. The highest BCUT2D eigenvalue weighted by Gasteiger charge is 2.11. The van der Waals surface area contributed by atoms with E-state index in [4.69, 9.17) is 16.9 Å². The Kier molecular flexibility index (Phi) is 6.54. The number of rotatable bonds is 7. The van der Waals surface area contributed by atoms with E-state index in [1.54, 1.807) is 25.1 Å². The van der Waals surface area contributed by atoms with Crippen molar-refractivity contribution in [1.82, 2.24) is 15.8 Å². The highest BCUT2D eigenvalue weighted by atomic mass is 16.1. The van der Waals surface area contributed by atoms with Crippen molar-refractivity contribution in [3.8, 4) is 0 Å². The van der Waals surface area contributed by atoms with Crippen LogP contribution in [0.25, 0.3) is 10.9 Å². The lowest BCUT2D eigenvalue weighted by molar-refractivity contribution is 0.102. The molecule has 0 aliphatic carbocycles. The first-order valence-electron chi connectivity index (χ1n) is 9.67. The van der Waals surface area contributed by atoms with Gasteiger partial charge in [-0.25, -0.2) is 5.43 Å². The van der Waals surface area contributed by atoms with Crippen LogP contribution in [0.1, 0.15) is 35.5 Å². The number of hydrazone groups is 2. The average Bonchev–Trinajstić information content (AvgIpc) is 3.20. The summed E-state index contributed by atoms with van der Waals surface area (Å²) in [5, 5.41) is 19.1. The van der Waals surface area contributed by atoms with Gasteiger partial charge in [-0.1, -0.05) is 24.8 Å². The fraction of sp³-hybridized carbons (Fsp3) is 0.0909. The second-order valence-corrected chi connectivity index (χ2v) is 7.07. The van der Waals surface area contributed by atoms with Crippen LogP contribution in [-0.2, 0) is 0 Å². The molecule has 32 heavy (non-hydrogen) atoms. The Morgan fingerprint density at radius 3 is 2.25 bits per heavy atom. The highest BCUT2D eigenvalue weighted by molar-refractivity contribution is 6.08. The Bertz CT molecular complexity index is 1240. The number of H-pyrrole nitrogens is 1. The topological polar surface area (TPSA) is 170 Å². The van der Waals surface area contributed by atoms with Crippen LogP contribution in [0.4, 0.5) is 5.69 Å². The predicted molar refractivity (Wildman–Crippen MR) is 129 cm³/mol. The van der Waals surface area contributed by atoms with E-state index in [-0.39, 0.29) is 17.7 Å². The van der Waals surface area contributed by atoms with Crippen LogP contribution in [0.15, 0.2) is 71.1 Å². The zero-order valence-corrected chi connectivity index (χ0v) is 17.8. The van der Waals surface area contributed by atoms with Gasteiger partial charge in [0.1, 0.15) is 11.5 Å². The second kappa shape index (κ2) is 9.47. The number of fused-ring (bicyclic) bond motifs is 1. The van der Waals surface area contributed by atoms with Crippen molar-refractivity contribution in [2.45, 2.75) is 13.8 Å². The van der Waals surface area contributed by atoms with Gasteiger partial charge in [-0.2, -0.15) is 10.2 Å². The minimum Gasteiger partial charge on any atom is -0.385 e. The standard InChI is InChI=1S/C22H25N9O/c1-12(28-30-14(3)23)15-4-7-18(8-5-15)26-21(32)20-11-17-10-16(6-9-19(17)27-20)13(2)29-31-22(24)25/h4-11,27,30H,3,23H2,1-2H3,(H,26,32)(H4,24,25,31)/b28-12+,29-13+. The summed E-state index contributed by atoms with van der Waals surface area (Å²) in [5.74, 6) is -0.237. The van der Waals surface area contributed by atoms with E-state index in [0.717, 1.165) is 27.7 Å². The third kappa shape index (κ3) is 5.51. The maximum absolute atomic E-state index is 12.7. The monoisotopic (exact) mass is 431 g/mol. The van der Waals surface area contributed by atoms with Crippen LogP contribution in [0.5, 0.6) is 0 Å².